The highest BCUT2D eigenvalue weighted by atomic mass is 35.5. The number of halogens is 2. The van der Waals surface area contributed by atoms with Gasteiger partial charge in [0.15, 0.2) is 11.6 Å². The number of anilines is 1. The van der Waals surface area contributed by atoms with E-state index in [0.717, 1.165) is 22.9 Å². The molecule has 1 atom stereocenters. The van der Waals surface area contributed by atoms with Crippen LogP contribution in [0.25, 0.3) is 0 Å². The van der Waals surface area contributed by atoms with E-state index in [9.17, 15) is 9.18 Å². The van der Waals surface area contributed by atoms with E-state index in [1.54, 1.807) is 0 Å². The summed E-state index contributed by atoms with van der Waals surface area (Å²) < 4.78 is 21.5. The van der Waals surface area contributed by atoms with E-state index in [-0.39, 0.29) is 30.0 Å². The van der Waals surface area contributed by atoms with Gasteiger partial charge >= 0.3 is 0 Å². The van der Waals surface area contributed by atoms with Crippen LogP contribution < -0.4 is 4.90 Å². The van der Waals surface area contributed by atoms with E-state index in [0.29, 0.717) is 6.42 Å². The van der Waals surface area contributed by atoms with E-state index in [1.807, 2.05) is 91.0 Å². The fourth-order valence-corrected chi connectivity index (χ4v) is 4.82. The van der Waals surface area contributed by atoms with Crippen LogP contribution >= 0.6 is 11.6 Å². The Kier molecular flexibility index (Phi) is 6.57. The van der Waals surface area contributed by atoms with Crippen LogP contribution in [0.3, 0.4) is 0 Å². The van der Waals surface area contributed by atoms with Crippen molar-refractivity contribution >= 4 is 23.3 Å². The molecule has 7 heteroatoms. The molecule has 1 aliphatic heterocycles. The highest BCUT2D eigenvalue weighted by Crippen LogP contribution is 2.41. The minimum Gasteiger partial charge on any atom is -0.359 e. The molecule has 3 aromatic carbocycles. The number of aromatic nitrogens is 2. The second kappa shape index (κ2) is 9.94. The number of nitrogens with zero attached hydrogens (tertiary/aromatic N) is 3. The average Bonchev–Trinajstić information content (AvgIpc) is 3.28. The zero-order valence-electron chi connectivity index (χ0n) is 18.9. The summed E-state index contributed by atoms with van der Waals surface area (Å²) in [6.45, 7) is 0.158. The van der Waals surface area contributed by atoms with Crippen LogP contribution in [0.2, 0.25) is 5.28 Å². The number of carbonyl (C=O) groups is 1. The summed E-state index contributed by atoms with van der Waals surface area (Å²) in [5, 5.41) is -0.118. The van der Waals surface area contributed by atoms with Gasteiger partial charge in [0.05, 0.1) is 18.8 Å². The predicted octanol–water partition coefficient (Wildman–Crippen LogP) is 5.77. The number of benzene rings is 3. The van der Waals surface area contributed by atoms with Gasteiger partial charge in [0.2, 0.25) is 11.2 Å². The summed E-state index contributed by atoms with van der Waals surface area (Å²) in [5.41, 5.74) is 1.90. The summed E-state index contributed by atoms with van der Waals surface area (Å²) in [5.74, 6) is -1.04. The summed E-state index contributed by atoms with van der Waals surface area (Å²) >= 11 is 5.92. The lowest BCUT2D eigenvalue weighted by Crippen LogP contribution is -2.41. The first-order valence-electron chi connectivity index (χ1n) is 11.4. The van der Waals surface area contributed by atoms with Crippen LogP contribution in [0.1, 0.15) is 29.5 Å². The van der Waals surface area contributed by atoms with E-state index in [1.165, 1.54) is 4.90 Å². The van der Waals surface area contributed by atoms with Gasteiger partial charge in [-0.3, -0.25) is 9.69 Å². The Bertz CT molecular complexity index is 1210. The summed E-state index contributed by atoms with van der Waals surface area (Å²) in [6, 6.07) is 29.5. The number of carbonyl (C=O) groups excluding carboxylic acids is 1. The summed E-state index contributed by atoms with van der Waals surface area (Å²) in [6.07, 6.45) is 1.76. The second-order valence-electron chi connectivity index (χ2n) is 8.36. The Hall–Kier alpha value is -3.61. The third kappa shape index (κ3) is 4.43. The zero-order chi connectivity index (χ0) is 24.3. The molecule has 0 aliphatic carbocycles. The first-order valence-corrected chi connectivity index (χ1v) is 11.8. The molecule has 1 saturated heterocycles. The number of ether oxygens (including phenoxy) is 1. The Labute approximate surface area is 208 Å². The summed E-state index contributed by atoms with van der Waals surface area (Å²) in [7, 11) is 0. The van der Waals surface area contributed by atoms with Crippen molar-refractivity contribution in [2.24, 2.45) is 0 Å². The van der Waals surface area contributed by atoms with Crippen LogP contribution in [-0.4, -0.2) is 28.5 Å². The van der Waals surface area contributed by atoms with Crippen molar-refractivity contribution in [3.05, 3.63) is 125 Å². The average molecular weight is 488 g/mol. The topological polar surface area (TPSA) is 55.3 Å². The van der Waals surface area contributed by atoms with E-state index >= 15 is 0 Å². The molecule has 1 fully saturated rings. The molecule has 1 amide bonds. The zero-order valence-corrected chi connectivity index (χ0v) is 19.6. The maximum atomic E-state index is 14.6. The molecule has 0 N–H and O–H groups in total. The highest BCUT2D eigenvalue weighted by molar-refractivity contribution is 6.28. The molecule has 0 saturated carbocycles. The molecule has 0 radical (unpaired) electrons. The lowest BCUT2D eigenvalue weighted by Gasteiger charge is -2.37. The van der Waals surface area contributed by atoms with Gasteiger partial charge < -0.3 is 4.74 Å². The monoisotopic (exact) mass is 487 g/mol. The summed E-state index contributed by atoms with van der Waals surface area (Å²) in [4.78, 5) is 21.8. The Balaban J connectivity index is 1.58. The van der Waals surface area contributed by atoms with Gasteiger partial charge in [-0.15, -0.1) is 0 Å². The Morgan fingerprint density at radius 2 is 1.43 bits per heavy atom. The quantitative estimate of drug-likeness (QED) is 0.245. The third-order valence-corrected chi connectivity index (χ3v) is 6.46. The molecule has 1 aromatic heterocycles. The molecule has 5 rings (SSSR count). The number of rotatable bonds is 7. The van der Waals surface area contributed by atoms with Gasteiger partial charge in [-0.2, -0.15) is 4.98 Å². The molecule has 2 heterocycles. The standard InChI is InChI=1S/C28H23ClFN3O2/c29-27-31-18-24(30)26(32-27)33-23(16-17-25(33)34)19-35-28(20-10-4-1-5-11-20,21-12-6-2-7-13-21)22-14-8-3-9-15-22/h1-15,18,23H,16-17,19H2/t23-/m0/s1. The van der Waals surface area contributed by atoms with Crippen molar-refractivity contribution in [1.82, 2.24) is 9.97 Å². The van der Waals surface area contributed by atoms with Gasteiger partial charge in [0.1, 0.15) is 5.60 Å². The normalized spacial score (nSPS) is 16.0. The predicted molar refractivity (Wildman–Crippen MR) is 133 cm³/mol. The lowest BCUT2D eigenvalue weighted by atomic mass is 9.80. The van der Waals surface area contributed by atoms with Crippen LogP contribution in [-0.2, 0) is 15.1 Å². The van der Waals surface area contributed by atoms with Gasteiger partial charge in [-0.05, 0) is 34.7 Å². The fraction of sp³-hybridized carbons (Fsp3) is 0.179. The van der Waals surface area contributed by atoms with Crippen molar-refractivity contribution < 1.29 is 13.9 Å². The van der Waals surface area contributed by atoms with Gasteiger partial charge in [-0.1, -0.05) is 91.0 Å². The van der Waals surface area contributed by atoms with E-state index in [2.05, 4.69) is 9.97 Å². The van der Waals surface area contributed by atoms with Crippen LogP contribution in [0.5, 0.6) is 0 Å². The maximum Gasteiger partial charge on any atom is 0.228 e. The first-order chi connectivity index (χ1) is 17.1. The minimum atomic E-state index is -0.942. The van der Waals surface area contributed by atoms with Crippen molar-refractivity contribution in [3.63, 3.8) is 0 Å². The van der Waals surface area contributed by atoms with Gasteiger partial charge in [0.25, 0.3) is 0 Å². The van der Waals surface area contributed by atoms with Crippen LogP contribution in [0, 0.1) is 5.82 Å². The van der Waals surface area contributed by atoms with Crippen LogP contribution in [0.15, 0.2) is 97.2 Å². The lowest BCUT2D eigenvalue weighted by molar-refractivity contribution is -0.117. The fourth-order valence-electron chi connectivity index (χ4n) is 4.69. The molecule has 1 aliphatic rings. The molecule has 0 bridgehead atoms. The molecule has 35 heavy (non-hydrogen) atoms. The largest absolute Gasteiger partial charge is 0.359 e. The van der Waals surface area contributed by atoms with Gasteiger partial charge in [-0.25, -0.2) is 9.37 Å². The maximum absolute atomic E-state index is 14.6. The van der Waals surface area contributed by atoms with E-state index < -0.39 is 17.5 Å². The van der Waals surface area contributed by atoms with Crippen LogP contribution in [0.4, 0.5) is 10.2 Å². The third-order valence-electron chi connectivity index (χ3n) is 6.28. The number of amides is 1. The SMILES string of the molecule is O=C1CC[C@@H](COC(c2ccccc2)(c2ccccc2)c2ccccc2)N1c1nc(Cl)ncc1F. The van der Waals surface area contributed by atoms with Crippen molar-refractivity contribution in [2.75, 3.05) is 11.5 Å². The molecule has 0 unspecified atom stereocenters. The smallest absolute Gasteiger partial charge is 0.228 e. The Morgan fingerprint density at radius 1 is 0.914 bits per heavy atom. The molecular weight excluding hydrogens is 465 g/mol. The Morgan fingerprint density at radius 3 is 1.94 bits per heavy atom. The second-order valence-corrected chi connectivity index (χ2v) is 8.70. The minimum absolute atomic E-state index is 0.118. The van der Waals surface area contributed by atoms with Gasteiger partial charge in [0, 0.05) is 6.42 Å². The molecule has 4 aromatic rings. The van der Waals surface area contributed by atoms with E-state index in [4.69, 9.17) is 16.3 Å². The van der Waals surface area contributed by atoms with Crippen molar-refractivity contribution in [3.8, 4) is 0 Å². The number of hydrogen-bond acceptors (Lipinski definition) is 4. The molecule has 5 nitrogen and oxygen atoms in total. The first kappa shape index (κ1) is 23.1. The molecule has 0 spiro atoms. The highest BCUT2D eigenvalue weighted by Gasteiger charge is 2.41. The molecular formula is C28H23ClFN3O2. The van der Waals surface area contributed by atoms with Crippen molar-refractivity contribution in [1.29, 1.82) is 0 Å². The van der Waals surface area contributed by atoms with Crippen molar-refractivity contribution in [2.45, 2.75) is 24.5 Å². The molecule has 176 valence electrons. The number of hydrogen-bond donors (Lipinski definition) is 0.